The zero-order valence-corrected chi connectivity index (χ0v) is 8.29. The second-order valence-corrected chi connectivity index (χ2v) is 2.82. The molecule has 0 unspecified atom stereocenters. The Morgan fingerprint density at radius 1 is 1.62 bits per heavy atom. The van der Waals surface area contributed by atoms with Crippen LogP contribution in [0.2, 0.25) is 0 Å². The van der Waals surface area contributed by atoms with E-state index in [0.717, 1.165) is 0 Å². The number of rotatable bonds is 3. The highest BCUT2D eigenvalue weighted by molar-refractivity contribution is 5.93. The summed E-state index contributed by atoms with van der Waals surface area (Å²) in [5.41, 5.74) is -2.58. The number of carbonyl (C=O) groups excluding carboxylic acids is 1. The number of carbonyl (C=O) groups is 1. The van der Waals surface area contributed by atoms with Crippen LogP contribution in [0.5, 0.6) is 5.75 Å². The zero-order valence-electron chi connectivity index (χ0n) is 8.29. The van der Waals surface area contributed by atoms with Crippen molar-refractivity contribution in [1.82, 2.24) is 4.98 Å². The van der Waals surface area contributed by atoms with E-state index in [4.69, 9.17) is 0 Å². The van der Waals surface area contributed by atoms with Crippen molar-refractivity contribution >= 4 is 5.97 Å². The first-order chi connectivity index (χ1) is 7.49. The Morgan fingerprint density at radius 3 is 2.75 bits per heavy atom. The van der Waals surface area contributed by atoms with Crippen molar-refractivity contribution in [3.63, 3.8) is 0 Å². The van der Waals surface area contributed by atoms with E-state index in [1.807, 2.05) is 4.98 Å². The lowest BCUT2D eigenvalue weighted by Gasteiger charge is -2.08. The van der Waals surface area contributed by atoms with Crippen LogP contribution >= 0.6 is 0 Å². The van der Waals surface area contributed by atoms with Gasteiger partial charge in [0.25, 0.3) is 12.0 Å². The van der Waals surface area contributed by atoms with Crippen molar-refractivity contribution < 1.29 is 23.4 Å². The van der Waals surface area contributed by atoms with E-state index in [0.29, 0.717) is 6.20 Å². The van der Waals surface area contributed by atoms with E-state index in [-0.39, 0.29) is 6.61 Å². The fourth-order valence-corrected chi connectivity index (χ4v) is 1.12. The highest BCUT2D eigenvalue weighted by atomic mass is 19.3. The van der Waals surface area contributed by atoms with Crippen LogP contribution in [0.3, 0.4) is 0 Å². The number of hydrogen-bond donors (Lipinski definition) is 2. The molecule has 0 aliphatic heterocycles. The van der Waals surface area contributed by atoms with Gasteiger partial charge in [-0.25, -0.2) is 13.6 Å². The van der Waals surface area contributed by atoms with Gasteiger partial charge in [0.05, 0.1) is 12.2 Å². The van der Waals surface area contributed by atoms with Crippen molar-refractivity contribution in [3.8, 4) is 5.75 Å². The van der Waals surface area contributed by atoms with E-state index in [9.17, 15) is 23.5 Å². The van der Waals surface area contributed by atoms with Crippen molar-refractivity contribution in [2.24, 2.45) is 0 Å². The number of aromatic hydroxyl groups is 1. The number of alkyl halides is 2. The third-order valence-electron chi connectivity index (χ3n) is 1.81. The maximum Gasteiger partial charge on any atom is 0.342 e. The van der Waals surface area contributed by atoms with E-state index < -0.39 is 34.8 Å². The lowest BCUT2D eigenvalue weighted by molar-refractivity contribution is 0.0511. The molecule has 88 valence electrons. The predicted octanol–water partition coefficient (Wildman–Crippen LogP) is 1.19. The number of ether oxygens (including phenoxy) is 1. The number of halogens is 2. The summed E-state index contributed by atoms with van der Waals surface area (Å²) in [6.45, 7) is 1.43. The van der Waals surface area contributed by atoms with Gasteiger partial charge >= 0.3 is 5.97 Å². The molecular weight excluding hydrogens is 224 g/mol. The molecule has 0 aliphatic carbocycles. The van der Waals surface area contributed by atoms with Gasteiger partial charge in [0.2, 0.25) is 0 Å². The average Bonchev–Trinajstić information content (AvgIpc) is 2.21. The Kier molecular flexibility index (Phi) is 3.60. The standard InChI is InChI=1S/C9H9F2NO4/c1-2-16-9(15)5-4(7(10)11)3-12-8(14)6(5)13/h3,7,13H,2H2,1H3,(H,12,14). The Balaban J connectivity index is 3.37. The third-order valence-corrected chi connectivity index (χ3v) is 1.81. The summed E-state index contributed by atoms with van der Waals surface area (Å²) in [4.78, 5) is 24.1. The van der Waals surface area contributed by atoms with Gasteiger partial charge in [-0.1, -0.05) is 0 Å². The first-order valence-corrected chi connectivity index (χ1v) is 4.38. The number of aromatic amines is 1. The minimum atomic E-state index is -3.00. The summed E-state index contributed by atoms with van der Waals surface area (Å²) in [5.74, 6) is -2.21. The summed E-state index contributed by atoms with van der Waals surface area (Å²) in [6.07, 6.45) is -2.32. The Bertz CT molecular complexity index is 455. The molecule has 0 amide bonds. The fraction of sp³-hybridized carbons (Fsp3) is 0.333. The van der Waals surface area contributed by atoms with Gasteiger partial charge < -0.3 is 14.8 Å². The fourth-order valence-electron chi connectivity index (χ4n) is 1.12. The SMILES string of the molecule is CCOC(=O)c1c(C(F)F)c[nH]c(=O)c1O. The van der Waals surface area contributed by atoms with Gasteiger partial charge in [0.15, 0.2) is 5.75 Å². The summed E-state index contributed by atoms with van der Waals surface area (Å²) in [5, 5.41) is 9.25. The minimum absolute atomic E-state index is 0.0479. The lowest BCUT2D eigenvalue weighted by atomic mass is 10.1. The molecular formula is C9H9F2NO4. The van der Waals surface area contributed by atoms with E-state index >= 15 is 0 Å². The van der Waals surface area contributed by atoms with Crippen LogP contribution in [-0.4, -0.2) is 22.7 Å². The topological polar surface area (TPSA) is 79.4 Å². The zero-order chi connectivity index (χ0) is 12.3. The monoisotopic (exact) mass is 233 g/mol. The molecule has 0 radical (unpaired) electrons. The van der Waals surface area contributed by atoms with Gasteiger partial charge in [0, 0.05) is 6.20 Å². The molecule has 0 saturated heterocycles. The van der Waals surface area contributed by atoms with Crippen LogP contribution in [0.25, 0.3) is 0 Å². The highest BCUT2D eigenvalue weighted by Crippen LogP contribution is 2.26. The summed E-state index contributed by atoms with van der Waals surface area (Å²) < 4.78 is 29.5. The molecule has 2 N–H and O–H groups in total. The van der Waals surface area contributed by atoms with Crippen molar-refractivity contribution in [2.75, 3.05) is 6.61 Å². The van der Waals surface area contributed by atoms with E-state index in [1.54, 1.807) is 0 Å². The number of esters is 1. The summed E-state index contributed by atoms with van der Waals surface area (Å²) in [7, 11) is 0. The van der Waals surface area contributed by atoms with Crippen molar-refractivity contribution in [1.29, 1.82) is 0 Å². The van der Waals surface area contributed by atoms with E-state index in [2.05, 4.69) is 4.74 Å². The average molecular weight is 233 g/mol. The molecule has 16 heavy (non-hydrogen) atoms. The smallest absolute Gasteiger partial charge is 0.342 e. The third kappa shape index (κ3) is 2.18. The van der Waals surface area contributed by atoms with Crippen molar-refractivity contribution in [2.45, 2.75) is 13.3 Å². The Labute approximate surface area is 88.7 Å². The molecule has 0 spiro atoms. The van der Waals surface area contributed by atoms with Gasteiger partial charge in [-0.15, -0.1) is 0 Å². The van der Waals surface area contributed by atoms with Crippen LogP contribution in [0.4, 0.5) is 8.78 Å². The minimum Gasteiger partial charge on any atom is -0.502 e. The maximum absolute atomic E-state index is 12.5. The molecule has 0 bridgehead atoms. The second kappa shape index (κ2) is 4.73. The highest BCUT2D eigenvalue weighted by Gasteiger charge is 2.25. The molecule has 0 saturated carbocycles. The Hall–Kier alpha value is -1.92. The molecule has 1 heterocycles. The number of nitrogens with one attached hydrogen (secondary N) is 1. The van der Waals surface area contributed by atoms with Gasteiger partial charge in [-0.3, -0.25) is 4.79 Å². The molecule has 1 aromatic heterocycles. The Morgan fingerprint density at radius 2 is 2.25 bits per heavy atom. The number of pyridine rings is 1. The quantitative estimate of drug-likeness (QED) is 0.768. The van der Waals surface area contributed by atoms with Gasteiger partial charge in [-0.2, -0.15) is 0 Å². The molecule has 0 fully saturated rings. The van der Waals surface area contributed by atoms with Crippen LogP contribution < -0.4 is 5.56 Å². The molecule has 0 aromatic carbocycles. The number of hydrogen-bond acceptors (Lipinski definition) is 4. The first kappa shape index (κ1) is 12.2. The lowest BCUT2D eigenvalue weighted by Crippen LogP contribution is -2.16. The van der Waals surface area contributed by atoms with Crippen LogP contribution in [-0.2, 0) is 4.74 Å². The van der Waals surface area contributed by atoms with Crippen LogP contribution in [0.15, 0.2) is 11.0 Å². The largest absolute Gasteiger partial charge is 0.502 e. The van der Waals surface area contributed by atoms with E-state index in [1.165, 1.54) is 6.92 Å². The molecule has 7 heteroatoms. The summed E-state index contributed by atoms with van der Waals surface area (Å²) >= 11 is 0. The number of H-pyrrole nitrogens is 1. The van der Waals surface area contributed by atoms with Gasteiger partial charge in [-0.05, 0) is 6.92 Å². The summed E-state index contributed by atoms with van der Waals surface area (Å²) in [6, 6.07) is 0. The van der Waals surface area contributed by atoms with Crippen LogP contribution in [0.1, 0.15) is 29.3 Å². The van der Waals surface area contributed by atoms with Crippen LogP contribution in [0, 0.1) is 0 Å². The molecule has 0 atom stereocenters. The predicted molar refractivity (Wildman–Crippen MR) is 49.6 cm³/mol. The van der Waals surface area contributed by atoms with Crippen molar-refractivity contribution in [3.05, 3.63) is 27.7 Å². The molecule has 1 aromatic rings. The second-order valence-electron chi connectivity index (χ2n) is 2.82. The molecule has 1 rings (SSSR count). The maximum atomic E-state index is 12.5. The normalized spacial score (nSPS) is 10.5. The molecule has 0 aliphatic rings. The number of aromatic nitrogens is 1. The first-order valence-electron chi connectivity index (χ1n) is 4.38. The molecule has 5 nitrogen and oxygen atoms in total. The van der Waals surface area contributed by atoms with Gasteiger partial charge in [0.1, 0.15) is 5.56 Å².